The average Bonchev–Trinajstić information content (AvgIpc) is 2.43. The first kappa shape index (κ1) is 10.6. The second kappa shape index (κ2) is 3.57. The van der Waals surface area contributed by atoms with Gasteiger partial charge in [-0.3, -0.25) is 0 Å². The highest BCUT2D eigenvalue weighted by molar-refractivity contribution is 8.01. The molecular formula is C10H10O3S2. The van der Waals surface area contributed by atoms with E-state index in [-0.39, 0.29) is 10.6 Å². The van der Waals surface area contributed by atoms with Crippen molar-refractivity contribution in [2.75, 3.05) is 12.0 Å². The van der Waals surface area contributed by atoms with Gasteiger partial charge in [-0.15, -0.1) is 0 Å². The van der Waals surface area contributed by atoms with E-state index in [9.17, 15) is 13.5 Å². The van der Waals surface area contributed by atoms with Gasteiger partial charge in [-0.2, -0.15) is 11.8 Å². The molecule has 0 radical (unpaired) electrons. The van der Waals surface area contributed by atoms with Crippen molar-refractivity contribution in [3.8, 4) is 5.75 Å². The third-order valence-corrected chi connectivity index (χ3v) is 4.94. The maximum Gasteiger partial charge on any atom is 0.204 e. The van der Waals surface area contributed by atoms with Gasteiger partial charge in [0.15, 0.2) is 0 Å². The fourth-order valence-electron chi connectivity index (χ4n) is 1.55. The largest absolute Gasteiger partial charge is 0.507 e. The zero-order valence-electron chi connectivity index (χ0n) is 8.10. The van der Waals surface area contributed by atoms with E-state index in [1.54, 1.807) is 12.1 Å². The Labute approximate surface area is 92.7 Å². The number of hydrogen-bond donors (Lipinski definition) is 1. The molecule has 0 unspecified atom stereocenters. The standard InChI is InChI=1S/C10H10O3S2/c1-14-6-7-5-8-9(11)3-2-4-10(8)15(7,12)13/h2-5,11H,6H2,1H3. The maximum atomic E-state index is 11.9. The number of aromatic hydroxyl groups is 1. The van der Waals surface area contributed by atoms with Gasteiger partial charge < -0.3 is 5.11 Å². The van der Waals surface area contributed by atoms with Crippen LogP contribution in [0.1, 0.15) is 5.56 Å². The molecular weight excluding hydrogens is 232 g/mol. The summed E-state index contributed by atoms with van der Waals surface area (Å²) in [7, 11) is -3.35. The maximum absolute atomic E-state index is 11.9. The number of rotatable bonds is 2. The fourth-order valence-corrected chi connectivity index (χ4v) is 4.16. The Morgan fingerprint density at radius 3 is 2.73 bits per heavy atom. The van der Waals surface area contributed by atoms with E-state index >= 15 is 0 Å². The van der Waals surface area contributed by atoms with Gasteiger partial charge in [0.1, 0.15) is 5.75 Å². The molecule has 0 saturated carbocycles. The predicted octanol–water partition coefficient (Wildman–Crippen LogP) is 1.88. The van der Waals surface area contributed by atoms with Crippen molar-refractivity contribution < 1.29 is 13.5 Å². The van der Waals surface area contributed by atoms with Crippen molar-refractivity contribution in [3.63, 3.8) is 0 Å². The Morgan fingerprint density at radius 2 is 2.13 bits per heavy atom. The molecule has 0 atom stereocenters. The van der Waals surface area contributed by atoms with Crippen molar-refractivity contribution in [2.24, 2.45) is 0 Å². The molecule has 0 amide bonds. The number of thioether (sulfide) groups is 1. The third-order valence-electron chi connectivity index (χ3n) is 2.27. The van der Waals surface area contributed by atoms with Crippen LogP contribution in [0.25, 0.3) is 6.08 Å². The van der Waals surface area contributed by atoms with Crippen LogP contribution in [0, 0.1) is 0 Å². The summed E-state index contributed by atoms with van der Waals surface area (Å²) in [4.78, 5) is 0.582. The molecule has 0 saturated heterocycles. The van der Waals surface area contributed by atoms with Crippen LogP contribution >= 0.6 is 11.8 Å². The van der Waals surface area contributed by atoms with E-state index in [0.717, 1.165) is 0 Å². The summed E-state index contributed by atoms with van der Waals surface area (Å²) in [5, 5.41) is 9.53. The molecule has 5 heteroatoms. The molecule has 0 spiro atoms. The minimum Gasteiger partial charge on any atom is -0.507 e. The summed E-state index contributed by atoms with van der Waals surface area (Å²) in [6.07, 6.45) is 3.40. The number of fused-ring (bicyclic) bond motifs is 1. The first-order chi connectivity index (χ1) is 7.07. The quantitative estimate of drug-likeness (QED) is 0.860. The first-order valence-electron chi connectivity index (χ1n) is 4.34. The summed E-state index contributed by atoms with van der Waals surface area (Å²) in [6.45, 7) is 0. The molecule has 0 aliphatic carbocycles. The SMILES string of the molecule is CSCC1=Cc2c(O)cccc2S1(=O)=O. The van der Waals surface area contributed by atoms with E-state index in [4.69, 9.17) is 0 Å². The highest BCUT2D eigenvalue weighted by Crippen LogP contribution is 2.38. The second-order valence-corrected chi connectivity index (χ2v) is 6.07. The van der Waals surface area contributed by atoms with E-state index in [1.807, 2.05) is 6.26 Å². The third kappa shape index (κ3) is 1.55. The molecule has 2 rings (SSSR count). The lowest BCUT2D eigenvalue weighted by molar-refractivity contribution is 0.472. The Balaban J connectivity index is 2.64. The number of phenols is 1. The molecule has 0 aromatic heterocycles. The molecule has 15 heavy (non-hydrogen) atoms. The van der Waals surface area contributed by atoms with Crippen molar-refractivity contribution in [1.82, 2.24) is 0 Å². The smallest absolute Gasteiger partial charge is 0.204 e. The zero-order chi connectivity index (χ0) is 11.1. The van der Waals surface area contributed by atoms with Crippen LogP contribution in [0.3, 0.4) is 0 Å². The van der Waals surface area contributed by atoms with Gasteiger partial charge in [-0.25, -0.2) is 8.42 Å². The Hall–Kier alpha value is -0.940. The molecule has 1 aliphatic rings. The lowest BCUT2D eigenvalue weighted by Crippen LogP contribution is -2.02. The topological polar surface area (TPSA) is 54.4 Å². The summed E-state index contributed by atoms with van der Waals surface area (Å²) in [5.41, 5.74) is 0.418. The predicted molar refractivity (Wildman–Crippen MR) is 61.7 cm³/mol. The van der Waals surface area contributed by atoms with Crippen LogP contribution in [0.4, 0.5) is 0 Å². The molecule has 1 heterocycles. The number of benzene rings is 1. The van der Waals surface area contributed by atoms with Crippen molar-refractivity contribution in [3.05, 3.63) is 28.7 Å². The summed E-state index contributed by atoms with van der Waals surface area (Å²) < 4.78 is 23.9. The summed E-state index contributed by atoms with van der Waals surface area (Å²) in [6, 6.07) is 4.56. The fraction of sp³-hybridized carbons (Fsp3) is 0.200. The van der Waals surface area contributed by atoms with Crippen LogP contribution in [0.15, 0.2) is 28.0 Å². The van der Waals surface area contributed by atoms with Crippen LogP contribution in [-0.4, -0.2) is 25.5 Å². The van der Waals surface area contributed by atoms with Crippen LogP contribution in [0.2, 0.25) is 0 Å². The zero-order valence-corrected chi connectivity index (χ0v) is 9.73. The normalized spacial score (nSPS) is 17.3. The molecule has 1 aromatic carbocycles. The second-order valence-electron chi connectivity index (χ2n) is 3.24. The van der Waals surface area contributed by atoms with Gasteiger partial charge >= 0.3 is 0 Å². The monoisotopic (exact) mass is 242 g/mol. The molecule has 3 nitrogen and oxygen atoms in total. The molecule has 0 fully saturated rings. The highest BCUT2D eigenvalue weighted by Gasteiger charge is 2.30. The lowest BCUT2D eigenvalue weighted by atomic mass is 10.2. The van der Waals surface area contributed by atoms with E-state index in [1.165, 1.54) is 23.9 Å². The van der Waals surface area contributed by atoms with Crippen LogP contribution < -0.4 is 0 Å². The van der Waals surface area contributed by atoms with E-state index in [2.05, 4.69) is 0 Å². The number of hydrogen-bond acceptors (Lipinski definition) is 4. The van der Waals surface area contributed by atoms with E-state index < -0.39 is 9.84 Å². The minimum absolute atomic E-state index is 0.0205. The Morgan fingerprint density at radius 1 is 1.40 bits per heavy atom. The van der Waals surface area contributed by atoms with Crippen molar-refractivity contribution in [1.29, 1.82) is 0 Å². The molecule has 80 valence electrons. The van der Waals surface area contributed by atoms with Gasteiger partial charge in [0.05, 0.1) is 9.80 Å². The number of phenolic OH excluding ortho intramolecular Hbond substituents is 1. The van der Waals surface area contributed by atoms with Gasteiger partial charge in [0.2, 0.25) is 9.84 Å². The molecule has 1 aliphatic heterocycles. The summed E-state index contributed by atoms with van der Waals surface area (Å²) in [5.74, 6) is 0.461. The van der Waals surface area contributed by atoms with Gasteiger partial charge in [0.25, 0.3) is 0 Å². The van der Waals surface area contributed by atoms with Crippen LogP contribution in [-0.2, 0) is 9.84 Å². The summed E-state index contributed by atoms with van der Waals surface area (Å²) >= 11 is 1.45. The van der Waals surface area contributed by atoms with Crippen molar-refractivity contribution >= 4 is 27.7 Å². The van der Waals surface area contributed by atoms with E-state index in [0.29, 0.717) is 16.2 Å². The molecule has 1 aromatic rings. The highest BCUT2D eigenvalue weighted by atomic mass is 32.2. The Kier molecular flexibility index (Phi) is 2.52. The Bertz CT molecular complexity index is 530. The number of sulfone groups is 1. The molecule has 1 N–H and O–H groups in total. The average molecular weight is 242 g/mol. The molecule has 0 bridgehead atoms. The van der Waals surface area contributed by atoms with Gasteiger partial charge in [0, 0.05) is 11.3 Å². The minimum atomic E-state index is -3.35. The van der Waals surface area contributed by atoms with Gasteiger partial charge in [-0.1, -0.05) is 6.07 Å². The van der Waals surface area contributed by atoms with Crippen molar-refractivity contribution in [2.45, 2.75) is 4.90 Å². The van der Waals surface area contributed by atoms with Gasteiger partial charge in [-0.05, 0) is 24.5 Å². The first-order valence-corrected chi connectivity index (χ1v) is 7.21. The van der Waals surface area contributed by atoms with Crippen LogP contribution in [0.5, 0.6) is 5.75 Å². The lowest BCUT2D eigenvalue weighted by Gasteiger charge is -2.01.